The number of ether oxygens (including phenoxy) is 1. The third kappa shape index (κ3) is 5.57. The minimum absolute atomic E-state index is 0.141. The molecule has 0 aromatic carbocycles. The molecule has 0 aliphatic heterocycles. The molecule has 0 saturated carbocycles. The molecule has 0 radical (unpaired) electrons. The number of alkyl carbamates (subject to hydrolysis) is 1. The molecule has 9 heteroatoms. The highest BCUT2D eigenvalue weighted by atomic mass is 19.4. The van der Waals surface area contributed by atoms with Gasteiger partial charge in [0.05, 0.1) is 0 Å². The summed E-state index contributed by atoms with van der Waals surface area (Å²) in [5, 5.41) is 0.909. The molecule has 0 saturated heterocycles. The molecule has 0 spiro atoms. The van der Waals surface area contributed by atoms with Crippen LogP contribution in [0.3, 0.4) is 0 Å². The summed E-state index contributed by atoms with van der Waals surface area (Å²) in [4.78, 5) is 11.5. The van der Waals surface area contributed by atoms with Crippen molar-refractivity contribution in [1.82, 2.24) is 5.32 Å². The molecule has 22 heavy (non-hydrogen) atoms. The minimum Gasteiger partial charge on any atom is -0.444 e. The SMILES string of the molecule is CCCCCC(C)(C)OC(=O)NC(C)(C(F)(F)F)C(F)(F)F. The Hall–Kier alpha value is -1.15. The average Bonchev–Trinajstić information content (AvgIpc) is 2.24. The fourth-order valence-corrected chi connectivity index (χ4v) is 1.63. The van der Waals surface area contributed by atoms with E-state index in [9.17, 15) is 31.1 Å². The van der Waals surface area contributed by atoms with E-state index in [0.717, 1.165) is 18.2 Å². The number of carbonyl (C=O) groups excluding carboxylic acids is 1. The van der Waals surface area contributed by atoms with Gasteiger partial charge < -0.3 is 4.74 Å². The second-order valence-corrected chi connectivity index (χ2v) is 5.85. The van der Waals surface area contributed by atoms with Crippen molar-refractivity contribution in [1.29, 1.82) is 0 Å². The molecule has 132 valence electrons. The van der Waals surface area contributed by atoms with Crippen molar-refractivity contribution in [2.24, 2.45) is 0 Å². The quantitative estimate of drug-likeness (QED) is 0.550. The van der Waals surface area contributed by atoms with Crippen molar-refractivity contribution in [3.05, 3.63) is 0 Å². The number of carbonyl (C=O) groups is 1. The van der Waals surface area contributed by atoms with Crippen LogP contribution < -0.4 is 5.32 Å². The van der Waals surface area contributed by atoms with Gasteiger partial charge in [-0.1, -0.05) is 19.8 Å². The van der Waals surface area contributed by atoms with Gasteiger partial charge in [-0.15, -0.1) is 0 Å². The van der Waals surface area contributed by atoms with Crippen LogP contribution in [0.2, 0.25) is 0 Å². The van der Waals surface area contributed by atoms with Crippen molar-refractivity contribution >= 4 is 6.09 Å². The van der Waals surface area contributed by atoms with E-state index in [2.05, 4.69) is 0 Å². The van der Waals surface area contributed by atoms with Gasteiger partial charge in [-0.3, -0.25) is 5.32 Å². The summed E-state index contributed by atoms with van der Waals surface area (Å²) in [5.74, 6) is 0. The summed E-state index contributed by atoms with van der Waals surface area (Å²) in [6.07, 6.45) is -10.5. The van der Waals surface area contributed by atoms with E-state index in [1.165, 1.54) is 13.8 Å². The van der Waals surface area contributed by atoms with Gasteiger partial charge in [-0.25, -0.2) is 4.79 Å². The smallest absolute Gasteiger partial charge is 0.420 e. The second-order valence-electron chi connectivity index (χ2n) is 5.85. The van der Waals surface area contributed by atoms with Crippen LogP contribution in [-0.4, -0.2) is 29.6 Å². The first-order chi connectivity index (χ1) is 9.66. The van der Waals surface area contributed by atoms with Gasteiger partial charge in [0.2, 0.25) is 5.54 Å². The number of rotatable bonds is 6. The molecule has 0 aromatic heterocycles. The van der Waals surface area contributed by atoms with Gasteiger partial charge in [-0.2, -0.15) is 26.3 Å². The first-order valence-electron chi connectivity index (χ1n) is 6.81. The molecule has 1 amide bonds. The average molecular weight is 337 g/mol. The number of amides is 1. The Morgan fingerprint density at radius 2 is 1.41 bits per heavy atom. The van der Waals surface area contributed by atoms with Crippen molar-refractivity contribution in [2.75, 3.05) is 0 Å². The molecule has 0 rings (SSSR count). The fraction of sp³-hybridized carbons (Fsp3) is 0.923. The molecule has 1 N–H and O–H groups in total. The Morgan fingerprint density at radius 1 is 0.955 bits per heavy atom. The zero-order chi connectivity index (χ0) is 17.8. The Kier molecular flexibility index (Phi) is 6.59. The molecule has 0 heterocycles. The predicted molar refractivity (Wildman–Crippen MR) is 68.4 cm³/mol. The fourth-order valence-electron chi connectivity index (χ4n) is 1.63. The van der Waals surface area contributed by atoms with E-state index < -0.39 is 29.6 Å². The number of nitrogens with one attached hydrogen (secondary N) is 1. The topological polar surface area (TPSA) is 38.3 Å². The zero-order valence-corrected chi connectivity index (χ0v) is 12.9. The van der Waals surface area contributed by atoms with Crippen molar-refractivity contribution in [3.8, 4) is 0 Å². The van der Waals surface area contributed by atoms with Crippen LogP contribution in [0.1, 0.15) is 53.4 Å². The normalized spacial score (nSPS) is 13.9. The summed E-state index contributed by atoms with van der Waals surface area (Å²) >= 11 is 0. The number of hydrogen-bond donors (Lipinski definition) is 1. The van der Waals surface area contributed by atoms with Gasteiger partial charge in [0.15, 0.2) is 0 Å². The standard InChI is InChI=1S/C13H21F6NO2/c1-5-6-7-8-10(2,3)22-9(21)20-11(4,12(14,15)16)13(17,18)19/h5-8H2,1-4H3,(H,20,21). The Balaban J connectivity index is 4.94. The lowest BCUT2D eigenvalue weighted by Crippen LogP contribution is -2.66. The summed E-state index contributed by atoms with van der Waals surface area (Å²) in [5.41, 5.74) is -5.52. The van der Waals surface area contributed by atoms with Gasteiger partial charge in [0.1, 0.15) is 5.60 Å². The Labute approximate surface area is 125 Å². The van der Waals surface area contributed by atoms with Crippen molar-refractivity contribution in [2.45, 2.75) is 76.9 Å². The van der Waals surface area contributed by atoms with Gasteiger partial charge in [-0.05, 0) is 33.6 Å². The Morgan fingerprint density at radius 3 is 1.77 bits per heavy atom. The molecule has 0 fully saturated rings. The van der Waals surface area contributed by atoms with E-state index in [1.54, 1.807) is 0 Å². The number of hydrogen-bond acceptors (Lipinski definition) is 2. The van der Waals surface area contributed by atoms with E-state index in [1.807, 2.05) is 6.92 Å². The summed E-state index contributed by atoms with van der Waals surface area (Å²) < 4.78 is 80.6. The lowest BCUT2D eigenvalue weighted by molar-refractivity contribution is -0.299. The molecule has 0 atom stereocenters. The maximum Gasteiger partial charge on any atom is 0.420 e. The van der Waals surface area contributed by atoms with Crippen LogP contribution in [0.15, 0.2) is 0 Å². The third-order valence-corrected chi connectivity index (χ3v) is 3.24. The highest BCUT2D eigenvalue weighted by Gasteiger charge is 2.69. The number of alkyl halides is 6. The van der Waals surface area contributed by atoms with E-state index in [0.29, 0.717) is 12.8 Å². The van der Waals surface area contributed by atoms with Crippen LogP contribution in [0, 0.1) is 0 Å². The minimum atomic E-state index is -5.70. The molecule has 0 aliphatic rings. The van der Waals surface area contributed by atoms with E-state index in [4.69, 9.17) is 4.74 Å². The first-order valence-corrected chi connectivity index (χ1v) is 6.81. The summed E-state index contributed by atoms with van der Waals surface area (Å²) in [6, 6.07) is 0. The lowest BCUT2D eigenvalue weighted by Gasteiger charge is -2.35. The molecule has 0 aliphatic carbocycles. The largest absolute Gasteiger partial charge is 0.444 e. The molecule has 0 bridgehead atoms. The Bertz CT molecular complexity index is 362. The van der Waals surface area contributed by atoms with E-state index in [-0.39, 0.29) is 6.92 Å². The first kappa shape index (κ1) is 20.9. The van der Waals surface area contributed by atoms with Crippen molar-refractivity contribution < 1.29 is 35.9 Å². The molecule has 3 nitrogen and oxygen atoms in total. The molecule has 0 aromatic rings. The summed E-state index contributed by atoms with van der Waals surface area (Å²) in [7, 11) is 0. The molecular formula is C13H21F6NO2. The maximum atomic E-state index is 12.7. The van der Waals surface area contributed by atoms with Crippen LogP contribution in [0.4, 0.5) is 31.1 Å². The van der Waals surface area contributed by atoms with Gasteiger partial charge in [0, 0.05) is 0 Å². The molecule has 0 unspecified atom stereocenters. The summed E-state index contributed by atoms with van der Waals surface area (Å²) in [6.45, 7) is 4.65. The van der Waals surface area contributed by atoms with Crippen LogP contribution in [-0.2, 0) is 4.74 Å². The van der Waals surface area contributed by atoms with Gasteiger partial charge in [0.25, 0.3) is 0 Å². The number of halogens is 6. The lowest BCUT2D eigenvalue weighted by atomic mass is 10.00. The maximum absolute atomic E-state index is 12.7. The van der Waals surface area contributed by atoms with Crippen LogP contribution in [0.25, 0.3) is 0 Å². The van der Waals surface area contributed by atoms with Crippen LogP contribution in [0.5, 0.6) is 0 Å². The monoisotopic (exact) mass is 337 g/mol. The second kappa shape index (κ2) is 6.95. The predicted octanol–water partition coefficient (Wildman–Crippen LogP) is 4.95. The highest BCUT2D eigenvalue weighted by molar-refractivity contribution is 5.69. The highest BCUT2D eigenvalue weighted by Crippen LogP contribution is 2.42. The molecular weight excluding hydrogens is 316 g/mol. The third-order valence-electron chi connectivity index (χ3n) is 3.24. The van der Waals surface area contributed by atoms with Crippen molar-refractivity contribution in [3.63, 3.8) is 0 Å². The van der Waals surface area contributed by atoms with Gasteiger partial charge >= 0.3 is 18.4 Å². The van der Waals surface area contributed by atoms with E-state index >= 15 is 0 Å². The zero-order valence-electron chi connectivity index (χ0n) is 12.9. The van der Waals surface area contributed by atoms with Crippen LogP contribution >= 0.6 is 0 Å². The number of unbranched alkanes of at least 4 members (excludes halogenated alkanes) is 2.